The van der Waals surface area contributed by atoms with Gasteiger partial charge in [-0.1, -0.05) is 5.16 Å². The second kappa shape index (κ2) is 2.63. The van der Waals surface area contributed by atoms with Gasteiger partial charge in [0.1, 0.15) is 5.69 Å². The molecule has 0 bridgehead atoms. The molecule has 0 radical (unpaired) electrons. The van der Waals surface area contributed by atoms with Crippen LogP contribution >= 0.6 is 15.9 Å². The second-order valence-electron chi connectivity index (χ2n) is 2.21. The van der Waals surface area contributed by atoms with Gasteiger partial charge < -0.3 is 10.3 Å². The second-order valence-corrected chi connectivity index (χ2v) is 3.06. The summed E-state index contributed by atoms with van der Waals surface area (Å²) in [7, 11) is 0. The maximum Gasteiger partial charge on any atom is 0.187 e. The molecule has 0 unspecified atom stereocenters. The highest BCUT2D eigenvalue weighted by Crippen LogP contribution is 2.26. The van der Waals surface area contributed by atoms with E-state index in [0.717, 1.165) is 10.2 Å². The molecule has 12 heavy (non-hydrogen) atoms. The van der Waals surface area contributed by atoms with Crippen LogP contribution in [0.2, 0.25) is 0 Å². The first kappa shape index (κ1) is 7.35. The summed E-state index contributed by atoms with van der Waals surface area (Å²) in [6.45, 7) is 0. The number of H-pyrrole nitrogens is 1. The zero-order valence-corrected chi connectivity index (χ0v) is 7.50. The van der Waals surface area contributed by atoms with Crippen molar-refractivity contribution in [2.75, 3.05) is 5.73 Å². The molecule has 2 heterocycles. The molecular formula is C6H5BrN4O. The molecule has 0 aliphatic carbocycles. The first-order valence-corrected chi connectivity index (χ1v) is 3.98. The van der Waals surface area contributed by atoms with E-state index >= 15 is 0 Å². The van der Waals surface area contributed by atoms with Crippen molar-refractivity contribution in [3.63, 3.8) is 0 Å². The maximum atomic E-state index is 5.38. The molecule has 0 fully saturated rings. The Hall–Kier alpha value is -1.30. The standard InChI is InChI=1S/C6H5BrN4O/c7-3-2-9-10-6(3)4-1-5(8)11-12-4/h1-2H,(H2,8,11)(H,9,10). The number of nitrogens with one attached hydrogen (secondary N) is 1. The molecule has 0 atom stereocenters. The van der Waals surface area contributed by atoms with Crippen molar-refractivity contribution in [3.05, 3.63) is 16.7 Å². The van der Waals surface area contributed by atoms with Gasteiger partial charge in [0, 0.05) is 6.07 Å². The zero-order valence-electron chi connectivity index (χ0n) is 5.91. The van der Waals surface area contributed by atoms with Crippen molar-refractivity contribution in [1.29, 1.82) is 0 Å². The molecule has 0 amide bonds. The Labute approximate surface area is 76.1 Å². The van der Waals surface area contributed by atoms with Crippen LogP contribution in [0.25, 0.3) is 11.5 Å². The molecule has 62 valence electrons. The van der Waals surface area contributed by atoms with E-state index in [-0.39, 0.29) is 0 Å². The topological polar surface area (TPSA) is 80.7 Å². The number of aromatic amines is 1. The van der Waals surface area contributed by atoms with Gasteiger partial charge in [0.2, 0.25) is 0 Å². The highest BCUT2D eigenvalue weighted by molar-refractivity contribution is 9.10. The summed E-state index contributed by atoms with van der Waals surface area (Å²) in [5, 5.41) is 10.1. The maximum absolute atomic E-state index is 5.38. The molecule has 0 spiro atoms. The third-order valence-corrected chi connectivity index (χ3v) is 1.97. The van der Waals surface area contributed by atoms with E-state index in [1.54, 1.807) is 12.3 Å². The van der Waals surface area contributed by atoms with Crippen molar-refractivity contribution in [2.45, 2.75) is 0 Å². The van der Waals surface area contributed by atoms with Crippen LogP contribution in [-0.2, 0) is 0 Å². The fourth-order valence-corrected chi connectivity index (χ4v) is 1.24. The SMILES string of the molecule is Nc1cc(-c2[nH]ncc2Br)on1. The van der Waals surface area contributed by atoms with Crippen LogP contribution in [0.3, 0.4) is 0 Å². The molecule has 0 aliphatic rings. The van der Waals surface area contributed by atoms with Crippen LogP contribution in [0.5, 0.6) is 0 Å². The smallest absolute Gasteiger partial charge is 0.187 e. The Balaban J connectivity index is 2.50. The van der Waals surface area contributed by atoms with Gasteiger partial charge in [-0.3, -0.25) is 5.10 Å². The van der Waals surface area contributed by atoms with Crippen molar-refractivity contribution in [3.8, 4) is 11.5 Å². The van der Waals surface area contributed by atoms with E-state index < -0.39 is 0 Å². The molecular weight excluding hydrogens is 224 g/mol. The summed E-state index contributed by atoms with van der Waals surface area (Å²) in [5.41, 5.74) is 6.12. The van der Waals surface area contributed by atoms with Crippen molar-refractivity contribution in [2.24, 2.45) is 0 Å². The minimum Gasteiger partial charge on any atom is -0.381 e. The molecule has 0 aliphatic heterocycles. The van der Waals surface area contributed by atoms with Crippen LogP contribution in [-0.4, -0.2) is 15.4 Å². The number of hydrogen-bond acceptors (Lipinski definition) is 4. The van der Waals surface area contributed by atoms with Gasteiger partial charge >= 0.3 is 0 Å². The Morgan fingerprint density at radius 1 is 1.58 bits per heavy atom. The number of rotatable bonds is 1. The minimum atomic E-state index is 0.353. The third-order valence-electron chi connectivity index (χ3n) is 1.37. The molecule has 0 aromatic carbocycles. The predicted molar refractivity (Wildman–Crippen MR) is 46.2 cm³/mol. The lowest BCUT2D eigenvalue weighted by atomic mass is 10.3. The lowest BCUT2D eigenvalue weighted by Gasteiger charge is -1.87. The van der Waals surface area contributed by atoms with Gasteiger partial charge in [0.25, 0.3) is 0 Å². The summed E-state index contributed by atoms with van der Waals surface area (Å²) in [6.07, 6.45) is 1.63. The number of aromatic nitrogens is 3. The van der Waals surface area contributed by atoms with Crippen molar-refractivity contribution < 1.29 is 4.52 Å². The van der Waals surface area contributed by atoms with Crippen LogP contribution < -0.4 is 5.73 Å². The fourth-order valence-electron chi connectivity index (χ4n) is 0.851. The Bertz CT molecular complexity index is 394. The van der Waals surface area contributed by atoms with E-state index in [2.05, 4.69) is 31.3 Å². The molecule has 2 aromatic rings. The number of halogens is 1. The minimum absolute atomic E-state index is 0.353. The van der Waals surface area contributed by atoms with E-state index in [1.165, 1.54) is 0 Å². The number of anilines is 1. The molecule has 2 aromatic heterocycles. The zero-order chi connectivity index (χ0) is 8.55. The average molecular weight is 229 g/mol. The van der Waals surface area contributed by atoms with Crippen LogP contribution in [0, 0.1) is 0 Å². The molecule has 3 N–H and O–H groups in total. The molecule has 0 saturated heterocycles. The summed E-state index contributed by atoms with van der Waals surface area (Å²) in [5.74, 6) is 0.920. The Morgan fingerprint density at radius 3 is 2.92 bits per heavy atom. The first-order valence-electron chi connectivity index (χ1n) is 3.19. The molecule has 2 rings (SSSR count). The summed E-state index contributed by atoms with van der Waals surface area (Å²) in [6, 6.07) is 1.62. The first-order chi connectivity index (χ1) is 5.77. The molecule has 0 saturated carbocycles. The summed E-state index contributed by atoms with van der Waals surface area (Å²) >= 11 is 3.29. The van der Waals surface area contributed by atoms with Crippen molar-refractivity contribution >= 4 is 21.7 Å². The van der Waals surface area contributed by atoms with Gasteiger partial charge in [-0.15, -0.1) is 0 Å². The highest BCUT2D eigenvalue weighted by Gasteiger charge is 2.09. The number of nitrogens with zero attached hydrogens (tertiary/aromatic N) is 2. The molecule has 5 nitrogen and oxygen atoms in total. The normalized spacial score (nSPS) is 10.4. The number of nitrogens with two attached hydrogens (primary N) is 1. The van der Waals surface area contributed by atoms with Gasteiger partial charge in [0.15, 0.2) is 11.6 Å². The van der Waals surface area contributed by atoms with E-state index in [1.807, 2.05) is 0 Å². The number of nitrogen functional groups attached to an aromatic ring is 1. The predicted octanol–water partition coefficient (Wildman–Crippen LogP) is 1.41. The third kappa shape index (κ3) is 1.10. The molecule has 6 heteroatoms. The monoisotopic (exact) mass is 228 g/mol. The quantitative estimate of drug-likeness (QED) is 0.774. The fraction of sp³-hybridized carbons (Fsp3) is 0. The highest BCUT2D eigenvalue weighted by atomic mass is 79.9. The van der Waals surface area contributed by atoms with Crippen LogP contribution in [0.15, 0.2) is 21.3 Å². The largest absolute Gasteiger partial charge is 0.381 e. The lowest BCUT2D eigenvalue weighted by Crippen LogP contribution is -1.80. The number of hydrogen-bond donors (Lipinski definition) is 2. The van der Waals surface area contributed by atoms with E-state index in [0.29, 0.717) is 11.6 Å². The van der Waals surface area contributed by atoms with Crippen molar-refractivity contribution in [1.82, 2.24) is 15.4 Å². The summed E-state index contributed by atoms with van der Waals surface area (Å²) in [4.78, 5) is 0. The van der Waals surface area contributed by atoms with Gasteiger partial charge in [-0.25, -0.2) is 0 Å². The van der Waals surface area contributed by atoms with E-state index in [9.17, 15) is 0 Å². The van der Waals surface area contributed by atoms with Gasteiger partial charge in [-0.2, -0.15) is 5.10 Å². The Kier molecular flexibility index (Phi) is 1.61. The van der Waals surface area contributed by atoms with Crippen LogP contribution in [0.1, 0.15) is 0 Å². The van der Waals surface area contributed by atoms with Crippen LogP contribution in [0.4, 0.5) is 5.82 Å². The Morgan fingerprint density at radius 2 is 2.42 bits per heavy atom. The van der Waals surface area contributed by atoms with E-state index in [4.69, 9.17) is 10.3 Å². The van der Waals surface area contributed by atoms with Gasteiger partial charge in [-0.05, 0) is 15.9 Å². The lowest BCUT2D eigenvalue weighted by molar-refractivity contribution is 0.434. The summed E-state index contributed by atoms with van der Waals surface area (Å²) < 4.78 is 5.73. The average Bonchev–Trinajstić information content (AvgIpc) is 2.58. The van der Waals surface area contributed by atoms with Gasteiger partial charge in [0.05, 0.1) is 10.7 Å².